The van der Waals surface area contributed by atoms with E-state index in [2.05, 4.69) is 20.1 Å². The fourth-order valence-corrected chi connectivity index (χ4v) is 4.20. The number of imidazole rings is 1. The molecule has 0 bridgehead atoms. The number of hydrogen-bond donors (Lipinski definition) is 0. The van der Waals surface area contributed by atoms with Gasteiger partial charge in [-0.3, -0.25) is 0 Å². The highest BCUT2D eigenvalue weighted by Crippen LogP contribution is 2.35. The van der Waals surface area contributed by atoms with Crippen molar-refractivity contribution >= 4 is 12.2 Å². The summed E-state index contributed by atoms with van der Waals surface area (Å²) >= 11 is 0. The Labute approximate surface area is 193 Å². The third-order valence-corrected chi connectivity index (χ3v) is 5.73. The van der Waals surface area contributed by atoms with Crippen molar-refractivity contribution in [1.82, 2.24) is 29.3 Å². The second-order valence-corrected chi connectivity index (χ2v) is 8.05. The Morgan fingerprint density at radius 3 is 2.59 bits per heavy atom. The highest BCUT2D eigenvalue weighted by atomic mass is 19.1. The first-order valence-corrected chi connectivity index (χ1v) is 10.8. The van der Waals surface area contributed by atoms with Crippen molar-refractivity contribution in [3.8, 4) is 11.6 Å². The molecule has 34 heavy (non-hydrogen) atoms. The molecule has 4 aromatic rings. The van der Waals surface area contributed by atoms with Crippen molar-refractivity contribution < 1.29 is 17.9 Å². The lowest BCUT2D eigenvalue weighted by molar-refractivity contribution is 0.395. The van der Waals surface area contributed by atoms with E-state index in [0.29, 0.717) is 54.7 Å². The quantitative estimate of drug-likeness (QED) is 0.427. The molecular formula is C24H21F3N6O. The average molecular weight is 466 g/mol. The lowest BCUT2D eigenvalue weighted by Crippen LogP contribution is -2.20. The number of aromatic nitrogens is 6. The molecule has 1 aromatic carbocycles. The van der Waals surface area contributed by atoms with Crippen LogP contribution in [0.1, 0.15) is 47.4 Å². The monoisotopic (exact) mass is 466 g/mol. The molecule has 10 heteroatoms. The van der Waals surface area contributed by atoms with Gasteiger partial charge in [-0.05, 0) is 44.1 Å². The molecule has 3 aromatic heterocycles. The van der Waals surface area contributed by atoms with Gasteiger partial charge in [0, 0.05) is 36.4 Å². The summed E-state index contributed by atoms with van der Waals surface area (Å²) in [6, 6.07) is 5.09. The molecule has 174 valence electrons. The van der Waals surface area contributed by atoms with Crippen molar-refractivity contribution in [2.45, 2.75) is 32.2 Å². The zero-order valence-electron chi connectivity index (χ0n) is 18.5. The molecule has 0 unspecified atom stereocenters. The first kappa shape index (κ1) is 21.9. The molecular weight excluding hydrogens is 445 g/mol. The summed E-state index contributed by atoms with van der Waals surface area (Å²) in [5.74, 6) is -2.15. The maximum Gasteiger partial charge on any atom is 0.238 e. The van der Waals surface area contributed by atoms with Gasteiger partial charge in [0.05, 0.1) is 24.8 Å². The van der Waals surface area contributed by atoms with Crippen molar-refractivity contribution in [2.24, 2.45) is 0 Å². The smallest absolute Gasteiger partial charge is 0.238 e. The molecule has 1 aliphatic rings. The molecule has 5 rings (SSSR count). The van der Waals surface area contributed by atoms with Crippen LogP contribution in [0.25, 0.3) is 17.8 Å². The van der Waals surface area contributed by atoms with Crippen LogP contribution in [-0.2, 0) is 6.54 Å². The average Bonchev–Trinajstić information content (AvgIpc) is 3.43. The van der Waals surface area contributed by atoms with Gasteiger partial charge in [-0.25, -0.2) is 32.8 Å². The Balaban J connectivity index is 1.43. The van der Waals surface area contributed by atoms with Crippen molar-refractivity contribution in [2.75, 3.05) is 7.11 Å². The zero-order valence-corrected chi connectivity index (χ0v) is 18.5. The predicted octanol–water partition coefficient (Wildman–Crippen LogP) is 4.69. The molecule has 1 aliphatic heterocycles. The number of ether oxygens (including phenoxy) is 1. The number of hydrogen-bond acceptors (Lipinski definition) is 5. The maximum absolute atomic E-state index is 14.4. The third kappa shape index (κ3) is 4.07. The Hall–Kier alpha value is -3.95. The van der Waals surface area contributed by atoms with Crippen LogP contribution in [-0.4, -0.2) is 36.4 Å². The second-order valence-electron chi connectivity index (χ2n) is 8.05. The van der Waals surface area contributed by atoms with Crippen LogP contribution in [0.5, 0.6) is 5.88 Å². The largest absolute Gasteiger partial charge is 0.479 e. The topological polar surface area (TPSA) is 70.7 Å². The number of aryl methyl sites for hydroxylation is 2. The summed E-state index contributed by atoms with van der Waals surface area (Å²) in [6.45, 7) is 2.48. The summed E-state index contributed by atoms with van der Waals surface area (Å²) in [5, 5.41) is 4.46. The third-order valence-electron chi connectivity index (χ3n) is 5.73. The second kappa shape index (κ2) is 8.77. The van der Waals surface area contributed by atoms with Gasteiger partial charge in [0.2, 0.25) is 5.88 Å². The SMILES string of the molecule is COc1nc(/C=C/c2nc3n(n2)CCC[C@@H]3c2c(F)cc(F)cc2F)ccc1-n1cnc(C)c1. The van der Waals surface area contributed by atoms with E-state index in [-0.39, 0.29) is 5.56 Å². The van der Waals surface area contributed by atoms with E-state index in [9.17, 15) is 13.2 Å². The van der Waals surface area contributed by atoms with E-state index >= 15 is 0 Å². The van der Waals surface area contributed by atoms with Crippen LogP contribution < -0.4 is 4.74 Å². The lowest BCUT2D eigenvalue weighted by Gasteiger charge is -2.23. The molecule has 0 radical (unpaired) electrons. The standard InChI is InChI=1S/C24H21F3N6O/c1-14-12-32(13-28-14)20-7-5-16(29-24(20)34-2)6-8-21-30-23-17(4-3-9-33(23)31-21)22-18(26)10-15(25)11-19(22)27/h5-8,10-13,17H,3-4,9H2,1-2H3/b8-6+/t17-/m1/s1. The van der Waals surface area contributed by atoms with Crippen LogP contribution in [0.2, 0.25) is 0 Å². The van der Waals surface area contributed by atoms with Crippen LogP contribution in [0.4, 0.5) is 13.2 Å². The normalized spacial score (nSPS) is 15.6. The molecule has 1 atom stereocenters. The Kier molecular flexibility index (Phi) is 5.64. The van der Waals surface area contributed by atoms with Gasteiger partial charge < -0.3 is 9.30 Å². The molecule has 0 saturated carbocycles. The van der Waals surface area contributed by atoms with Gasteiger partial charge in [0.1, 0.15) is 29.0 Å². The minimum atomic E-state index is -0.947. The number of fused-ring (bicyclic) bond motifs is 1. The van der Waals surface area contributed by atoms with Gasteiger partial charge in [-0.15, -0.1) is 0 Å². The van der Waals surface area contributed by atoms with Gasteiger partial charge in [-0.2, -0.15) is 5.10 Å². The van der Waals surface area contributed by atoms with Gasteiger partial charge in [-0.1, -0.05) is 0 Å². The summed E-state index contributed by atoms with van der Waals surface area (Å²) in [7, 11) is 1.54. The minimum Gasteiger partial charge on any atom is -0.479 e. The van der Waals surface area contributed by atoms with Gasteiger partial charge >= 0.3 is 0 Å². The summed E-state index contributed by atoms with van der Waals surface area (Å²) in [6.07, 6.45) is 8.15. The molecule has 7 nitrogen and oxygen atoms in total. The van der Waals surface area contributed by atoms with Crippen LogP contribution in [0.3, 0.4) is 0 Å². The maximum atomic E-state index is 14.4. The summed E-state index contributed by atoms with van der Waals surface area (Å²) < 4.78 is 51.1. The predicted molar refractivity (Wildman–Crippen MR) is 119 cm³/mol. The van der Waals surface area contributed by atoms with E-state index in [1.54, 1.807) is 30.3 Å². The molecule has 4 heterocycles. The Bertz CT molecular complexity index is 1370. The zero-order chi connectivity index (χ0) is 23.8. The lowest BCUT2D eigenvalue weighted by atomic mass is 9.90. The molecule has 0 fully saturated rings. The van der Waals surface area contributed by atoms with E-state index < -0.39 is 23.4 Å². The van der Waals surface area contributed by atoms with Crippen LogP contribution in [0, 0.1) is 24.4 Å². The Morgan fingerprint density at radius 2 is 1.88 bits per heavy atom. The first-order valence-electron chi connectivity index (χ1n) is 10.8. The van der Waals surface area contributed by atoms with Crippen molar-refractivity contribution in [3.05, 3.63) is 82.8 Å². The van der Waals surface area contributed by atoms with E-state index in [4.69, 9.17) is 4.74 Å². The summed E-state index contributed by atoms with van der Waals surface area (Å²) in [5.41, 5.74) is 2.07. The number of nitrogens with zero attached hydrogens (tertiary/aromatic N) is 6. The molecule has 0 N–H and O–H groups in total. The van der Waals surface area contributed by atoms with Crippen LogP contribution in [0.15, 0.2) is 36.8 Å². The number of rotatable bonds is 5. The molecule has 0 amide bonds. The fourth-order valence-electron chi connectivity index (χ4n) is 4.20. The van der Waals surface area contributed by atoms with Gasteiger partial charge in [0.15, 0.2) is 5.82 Å². The highest BCUT2D eigenvalue weighted by Gasteiger charge is 2.30. The van der Waals surface area contributed by atoms with E-state index in [0.717, 1.165) is 11.4 Å². The van der Waals surface area contributed by atoms with E-state index in [1.807, 2.05) is 29.8 Å². The fraction of sp³-hybridized carbons (Fsp3) is 0.250. The molecule has 0 spiro atoms. The van der Waals surface area contributed by atoms with Gasteiger partial charge in [0.25, 0.3) is 0 Å². The molecule has 0 saturated heterocycles. The minimum absolute atomic E-state index is 0.179. The Morgan fingerprint density at radius 1 is 1.09 bits per heavy atom. The van der Waals surface area contributed by atoms with Crippen LogP contribution >= 0.6 is 0 Å². The number of benzene rings is 1. The summed E-state index contributed by atoms with van der Waals surface area (Å²) in [4.78, 5) is 13.2. The molecule has 0 aliphatic carbocycles. The van der Waals surface area contributed by atoms with E-state index in [1.165, 1.54) is 0 Å². The van der Waals surface area contributed by atoms with Crippen molar-refractivity contribution in [1.29, 1.82) is 0 Å². The number of pyridine rings is 1. The van der Waals surface area contributed by atoms with Crippen molar-refractivity contribution in [3.63, 3.8) is 0 Å². The first-order chi connectivity index (χ1) is 16.4. The highest BCUT2D eigenvalue weighted by molar-refractivity contribution is 5.65. The number of methoxy groups -OCH3 is 1. The number of halogens is 3.